The van der Waals surface area contributed by atoms with Crippen LogP contribution in [0.2, 0.25) is 0 Å². The van der Waals surface area contributed by atoms with Crippen LogP contribution in [0.15, 0.2) is 0 Å². The second-order valence-corrected chi connectivity index (χ2v) is 6.16. The molecule has 1 heterocycles. The normalized spacial score (nSPS) is 28.7. The molecule has 1 amide bonds. The van der Waals surface area contributed by atoms with Gasteiger partial charge in [0.05, 0.1) is 12.6 Å². The lowest BCUT2D eigenvalue weighted by atomic mass is 10.0. The summed E-state index contributed by atoms with van der Waals surface area (Å²) in [5, 5.41) is 2.87. The third kappa shape index (κ3) is 2.91. The highest BCUT2D eigenvalue weighted by molar-refractivity contribution is 5.88. The maximum absolute atomic E-state index is 12.0. The van der Waals surface area contributed by atoms with Crippen molar-refractivity contribution in [3.63, 3.8) is 0 Å². The Kier molecular flexibility index (Phi) is 4.05. The van der Waals surface area contributed by atoms with E-state index in [4.69, 9.17) is 0 Å². The van der Waals surface area contributed by atoms with Gasteiger partial charge in [-0.25, -0.2) is 0 Å². The zero-order chi connectivity index (χ0) is 13.3. The number of nitrogens with one attached hydrogen (secondary N) is 1. The van der Waals surface area contributed by atoms with Crippen molar-refractivity contribution in [1.29, 1.82) is 0 Å². The molecule has 4 nitrogen and oxygen atoms in total. The number of likely N-dealkylation sites (tertiary alicyclic amines) is 1. The van der Waals surface area contributed by atoms with E-state index < -0.39 is 0 Å². The van der Waals surface area contributed by atoms with Crippen molar-refractivity contribution < 1.29 is 9.59 Å². The first-order valence-corrected chi connectivity index (χ1v) is 7.01. The zero-order valence-electron chi connectivity index (χ0n) is 11.6. The number of hydrogen-bond donors (Lipinski definition) is 1. The lowest BCUT2D eigenvalue weighted by Gasteiger charge is -2.27. The second kappa shape index (κ2) is 5.39. The van der Waals surface area contributed by atoms with E-state index in [0.717, 1.165) is 12.5 Å². The molecule has 3 unspecified atom stereocenters. The molecule has 2 bridgehead atoms. The third-order valence-electron chi connectivity index (χ3n) is 4.29. The molecule has 2 rings (SSSR count). The molecule has 2 fully saturated rings. The summed E-state index contributed by atoms with van der Waals surface area (Å²) in [4.78, 5) is 25.7. The average Bonchev–Trinajstić information content (AvgIpc) is 2.86. The Balaban J connectivity index is 1.83. The summed E-state index contributed by atoms with van der Waals surface area (Å²) in [5.41, 5.74) is 0. The Labute approximate surface area is 109 Å². The molecule has 0 aromatic rings. The smallest absolute Gasteiger partial charge is 0.234 e. The van der Waals surface area contributed by atoms with Gasteiger partial charge in [-0.05, 0) is 38.0 Å². The molecular formula is C14H24N2O2. The van der Waals surface area contributed by atoms with Crippen molar-refractivity contribution >= 4 is 11.7 Å². The molecule has 1 aliphatic carbocycles. The number of carbonyl (C=O) groups excluding carboxylic acids is 2. The number of piperidine rings is 1. The molecule has 1 N–H and O–H groups in total. The van der Waals surface area contributed by atoms with Crippen molar-refractivity contribution in [2.75, 3.05) is 13.1 Å². The highest BCUT2D eigenvalue weighted by Crippen LogP contribution is 2.36. The molecule has 4 heteroatoms. The van der Waals surface area contributed by atoms with Crippen LogP contribution >= 0.6 is 0 Å². The van der Waals surface area contributed by atoms with Gasteiger partial charge >= 0.3 is 0 Å². The summed E-state index contributed by atoms with van der Waals surface area (Å²) in [6, 6.07) is 0.271. The maximum atomic E-state index is 12.0. The molecule has 102 valence electrons. The van der Waals surface area contributed by atoms with Gasteiger partial charge in [0, 0.05) is 12.6 Å². The lowest BCUT2D eigenvalue weighted by molar-refractivity contribution is -0.128. The topological polar surface area (TPSA) is 49.4 Å². The van der Waals surface area contributed by atoms with Crippen LogP contribution in [0.1, 0.15) is 40.0 Å². The van der Waals surface area contributed by atoms with Gasteiger partial charge in [0.25, 0.3) is 0 Å². The fraction of sp³-hybridized carbons (Fsp3) is 0.857. The Morgan fingerprint density at radius 2 is 2.06 bits per heavy atom. The van der Waals surface area contributed by atoms with E-state index in [2.05, 4.69) is 10.2 Å². The van der Waals surface area contributed by atoms with Crippen LogP contribution in [0.5, 0.6) is 0 Å². The van der Waals surface area contributed by atoms with Gasteiger partial charge in [-0.15, -0.1) is 0 Å². The summed E-state index contributed by atoms with van der Waals surface area (Å²) in [7, 11) is 0. The van der Waals surface area contributed by atoms with Gasteiger partial charge in [-0.3, -0.25) is 14.5 Å². The first kappa shape index (κ1) is 13.5. The van der Waals surface area contributed by atoms with Crippen molar-refractivity contribution in [2.45, 2.75) is 52.1 Å². The van der Waals surface area contributed by atoms with Crippen molar-refractivity contribution in [3.8, 4) is 0 Å². The number of carbonyl (C=O) groups is 2. The van der Waals surface area contributed by atoms with Crippen LogP contribution in [-0.4, -0.2) is 41.8 Å². The Hall–Kier alpha value is -0.900. The SMILES string of the molecule is CC(=O)C(NC(=O)CN1CC2CCC1C2)C(C)C. The molecule has 3 atom stereocenters. The van der Waals surface area contributed by atoms with Crippen LogP contribution in [0.4, 0.5) is 0 Å². The molecule has 2 aliphatic rings. The number of amides is 1. The minimum absolute atomic E-state index is 0.00329. The fourth-order valence-electron chi connectivity index (χ4n) is 3.36. The summed E-state index contributed by atoms with van der Waals surface area (Å²) >= 11 is 0. The first-order valence-electron chi connectivity index (χ1n) is 7.01. The maximum Gasteiger partial charge on any atom is 0.234 e. The average molecular weight is 252 g/mol. The van der Waals surface area contributed by atoms with Gasteiger partial charge in [0.2, 0.25) is 5.91 Å². The molecular weight excluding hydrogens is 228 g/mol. The van der Waals surface area contributed by atoms with E-state index in [9.17, 15) is 9.59 Å². The molecule has 1 aliphatic heterocycles. The number of Topliss-reactive ketones (excluding diaryl/α,β-unsaturated/α-hetero) is 1. The predicted octanol–water partition coefficient (Wildman–Crippen LogP) is 1.20. The quantitative estimate of drug-likeness (QED) is 0.800. The van der Waals surface area contributed by atoms with Gasteiger partial charge in [-0.1, -0.05) is 13.8 Å². The van der Waals surface area contributed by atoms with Crippen LogP contribution in [0.25, 0.3) is 0 Å². The van der Waals surface area contributed by atoms with Crippen LogP contribution in [0, 0.1) is 11.8 Å². The summed E-state index contributed by atoms with van der Waals surface area (Å²) in [6.45, 7) is 6.99. The lowest BCUT2D eigenvalue weighted by Crippen LogP contribution is -2.48. The molecule has 1 saturated carbocycles. The second-order valence-electron chi connectivity index (χ2n) is 6.16. The van der Waals surface area contributed by atoms with Crippen LogP contribution < -0.4 is 5.32 Å². The molecule has 0 aromatic heterocycles. The number of nitrogens with zero attached hydrogens (tertiary/aromatic N) is 1. The molecule has 0 radical (unpaired) electrons. The van der Waals surface area contributed by atoms with E-state index >= 15 is 0 Å². The van der Waals surface area contributed by atoms with Gasteiger partial charge in [0.15, 0.2) is 5.78 Å². The van der Waals surface area contributed by atoms with Gasteiger partial charge in [-0.2, -0.15) is 0 Å². The van der Waals surface area contributed by atoms with Crippen LogP contribution in [-0.2, 0) is 9.59 Å². The Morgan fingerprint density at radius 1 is 1.33 bits per heavy atom. The summed E-state index contributed by atoms with van der Waals surface area (Å²) in [5.74, 6) is 0.996. The number of rotatable bonds is 5. The van der Waals surface area contributed by atoms with E-state index in [-0.39, 0.29) is 23.7 Å². The van der Waals surface area contributed by atoms with Crippen LogP contribution in [0.3, 0.4) is 0 Å². The summed E-state index contributed by atoms with van der Waals surface area (Å²) < 4.78 is 0. The largest absolute Gasteiger partial charge is 0.345 e. The Bertz CT molecular complexity index is 341. The number of fused-ring (bicyclic) bond motifs is 2. The molecule has 18 heavy (non-hydrogen) atoms. The standard InChI is InChI=1S/C14H24N2O2/c1-9(2)14(10(3)17)15-13(18)8-16-7-11-4-5-12(16)6-11/h9,11-12,14H,4-8H2,1-3H3,(H,15,18). The van der Waals surface area contributed by atoms with Gasteiger partial charge < -0.3 is 5.32 Å². The van der Waals surface area contributed by atoms with E-state index in [1.807, 2.05) is 13.8 Å². The van der Waals surface area contributed by atoms with E-state index in [1.54, 1.807) is 6.92 Å². The monoisotopic (exact) mass is 252 g/mol. The zero-order valence-corrected chi connectivity index (χ0v) is 11.6. The summed E-state index contributed by atoms with van der Waals surface area (Å²) in [6.07, 6.45) is 3.82. The van der Waals surface area contributed by atoms with Crippen molar-refractivity contribution in [3.05, 3.63) is 0 Å². The fourth-order valence-corrected chi connectivity index (χ4v) is 3.36. The third-order valence-corrected chi connectivity index (χ3v) is 4.29. The predicted molar refractivity (Wildman–Crippen MR) is 70.2 cm³/mol. The van der Waals surface area contributed by atoms with Gasteiger partial charge in [0.1, 0.15) is 0 Å². The molecule has 0 spiro atoms. The highest BCUT2D eigenvalue weighted by Gasteiger charge is 2.38. The minimum atomic E-state index is -0.336. The molecule has 0 aromatic carbocycles. The van der Waals surface area contributed by atoms with Crippen molar-refractivity contribution in [2.24, 2.45) is 11.8 Å². The first-order chi connectivity index (χ1) is 8.47. The van der Waals surface area contributed by atoms with Crippen molar-refractivity contribution in [1.82, 2.24) is 10.2 Å². The number of hydrogen-bond acceptors (Lipinski definition) is 3. The minimum Gasteiger partial charge on any atom is -0.345 e. The van der Waals surface area contributed by atoms with E-state index in [0.29, 0.717) is 12.6 Å². The Morgan fingerprint density at radius 3 is 2.50 bits per heavy atom. The number of ketones is 1. The molecule has 1 saturated heterocycles. The van der Waals surface area contributed by atoms with E-state index in [1.165, 1.54) is 19.3 Å². The highest BCUT2D eigenvalue weighted by atomic mass is 16.2.